The lowest BCUT2D eigenvalue weighted by Crippen LogP contribution is -2.07. The van der Waals surface area contributed by atoms with Crippen molar-refractivity contribution in [3.8, 4) is 11.6 Å². The van der Waals surface area contributed by atoms with Crippen molar-refractivity contribution in [1.82, 2.24) is 9.97 Å². The van der Waals surface area contributed by atoms with Gasteiger partial charge in [0.2, 0.25) is 5.88 Å². The summed E-state index contributed by atoms with van der Waals surface area (Å²) in [7, 11) is 0. The second kappa shape index (κ2) is 6.84. The highest BCUT2D eigenvalue weighted by Crippen LogP contribution is 2.27. The monoisotopic (exact) mass is 275 g/mol. The Bertz CT molecular complexity index is 575. The Balaban J connectivity index is 2.26. The Kier molecular flexibility index (Phi) is 4.87. The van der Waals surface area contributed by atoms with Gasteiger partial charge in [0, 0.05) is 12.6 Å². The van der Waals surface area contributed by atoms with E-state index in [0.717, 1.165) is 30.8 Å². The van der Waals surface area contributed by atoms with Crippen LogP contribution >= 0.6 is 0 Å². The molecule has 5 heteroatoms. The van der Waals surface area contributed by atoms with Gasteiger partial charge in [-0.3, -0.25) is 0 Å². The molecule has 0 aliphatic carbocycles. The second-order valence-corrected chi connectivity index (χ2v) is 4.35. The van der Waals surface area contributed by atoms with Crippen molar-refractivity contribution < 1.29 is 9.13 Å². The Morgan fingerprint density at radius 1 is 1.25 bits per heavy atom. The second-order valence-electron chi connectivity index (χ2n) is 4.35. The Hall–Kier alpha value is -2.17. The third-order valence-corrected chi connectivity index (χ3v) is 2.81. The van der Waals surface area contributed by atoms with Gasteiger partial charge < -0.3 is 10.1 Å². The van der Waals surface area contributed by atoms with Crippen LogP contribution in [0.4, 0.5) is 10.2 Å². The van der Waals surface area contributed by atoms with Gasteiger partial charge in [0.1, 0.15) is 23.7 Å². The first kappa shape index (κ1) is 14.2. The van der Waals surface area contributed by atoms with Gasteiger partial charge in [-0.1, -0.05) is 19.9 Å². The van der Waals surface area contributed by atoms with E-state index >= 15 is 0 Å². The van der Waals surface area contributed by atoms with Gasteiger partial charge in [-0.05, 0) is 25.0 Å². The SMILES string of the molecule is CCCNc1ncnc(Oc2cccc(F)c2)c1CC. The maximum atomic E-state index is 13.2. The van der Waals surface area contributed by atoms with Gasteiger partial charge in [0.15, 0.2) is 0 Å². The summed E-state index contributed by atoms with van der Waals surface area (Å²) in [5, 5.41) is 3.25. The standard InChI is InChI=1S/C15H18FN3O/c1-3-8-17-14-13(4-2)15(19-10-18-14)20-12-7-5-6-11(16)9-12/h5-7,9-10H,3-4,8H2,1-2H3,(H,17,18,19). The lowest BCUT2D eigenvalue weighted by molar-refractivity contribution is 0.451. The van der Waals surface area contributed by atoms with Crippen molar-refractivity contribution in [2.75, 3.05) is 11.9 Å². The van der Waals surface area contributed by atoms with E-state index in [4.69, 9.17) is 4.74 Å². The topological polar surface area (TPSA) is 47.0 Å². The van der Waals surface area contributed by atoms with Crippen LogP contribution in [0.25, 0.3) is 0 Å². The largest absolute Gasteiger partial charge is 0.438 e. The molecule has 0 bridgehead atoms. The molecule has 0 aliphatic heterocycles. The molecule has 1 aromatic carbocycles. The minimum atomic E-state index is -0.334. The van der Waals surface area contributed by atoms with Crippen LogP contribution in [0.3, 0.4) is 0 Å². The molecule has 1 N–H and O–H groups in total. The fraction of sp³-hybridized carbons (Fsp3) is 0.333. The van der Waals surface area contributed by atoms with Crippen molar-refractivity contribution in [2.24, 2.45) is 0 Å². The molecule has 0 saturated carbocycles. The number of benzene rings is 1. The Labute approximate surface area is 118 Å². The lowest BCUT2D eigenvalue weighted by atomic mass is 10.2. The smallest absolute Gasteiger partial charge is 0.227 e. The Morgan fingerprint density at radius 2 is 2.10 bits per heavy atom. The van der Waals surface area contributed by atoms with Crippen molar-refractivity contribution in [1.29, 1.82) is 0 Å². The van der Waals surface area contributed by atoms with Crippen LogP contribution in [0.1, 0.15) is 25.8 Å². The summed E-state index contributed by atoms with van der Waals surface area (Å²) in [4.78, 5) is 8.38. The van der Waals surface area contributed by atoms with E-state index in [-0.39, 0.29) is 5.82 Å². The summed E-state index contributed by atoms with van der Waals surface area (Å²) in [6.45, 7) is 4.93. The zero-order valence-corrected chi connectivity index (χ0v) is 11.7. The van der Waals surface area contributed by atoms with Gasteiger partial charge in [0.25, 0.3) is 0 Å². The van der Waals surface area contributed by atoms with Crippen LogP contribution in [0, 0.1) is 5.82 Å². The van der Waals surface area contributed by atoms with Crippen LogP contribution in [-0.4, -0.2) is 16.5 Å². The van der Waals surface area contributed by atoms with Crippen LogP contribution < -0.4 is 10.1 Å². The number of nitrogens with zero attached hydrogens (tertiary/aromatic N) is 2. The van der Waals surface area contributed by atoms with Gasteiger partial charge in [-0.15, -0.1) is 0 Å². The average Bonchev–Trinajstić information content (AvgIpc) is 2.45. The van der Waals surface area contributed by atoms with Crippen LogP contribution in [0.2, 0.25) is 0 Å². The predicted octanol–water partition coefficient (Wildman–Crippen LogP) is 3.79. The van der Waals surface area contributed by atoms with E-state index in [1.165, 1.54) is 18.5 Å². The number of nitrogens with one attached hydrogen (secondary N) is 1. The van der Waals surface area contributed by atoms with E-state index in [1.54, 1.807) is 12.1 Å². The normalized spacial score (nSPS) is 10.3. The molecular formula is C15H18FN3O. The zero-order valence-electron chi connectivity index (χ0n) is 11.7. The number of hydrogen-bond acceptors (Lipinski definition) is 4. The van der Waals surface area contributed by atoms with Crippen LogP contribution in [0.5, 0.6) is 11.6 Å². The number of ether oxygens (including phenoxy) is 1. The molecule has 2 aromatic rings. The summed E-state index contributed by atoms with van der Waals surface area (Å²) >= 11 is 0. The summed E-state index contributed by atoms with van der Waals surface area (Å²) in [5.41, 5.74) is 0.894. The molecule has 4 nitrogen and oxygen atoms in total. The highest BCUT2D eigenvalue weighted by molar-refractivity contribution is 5.49. The number of rotatable bonds is 6. The molecule has 0 saturated heterocycles. The number of hydrogen-bond donors (Lipinski definition) is 1. The molecule has 0 amide bonds. The highest BCUT2D eigenvalue weighted by Gasteiger charge is 2.11. The number of anilines is 1. The van der Waals surface area contributed by atoms with Crippen LogP contribution in [-0.2, 0) is 6.42 Å². The maximum absolute atomic E-state index is 13.2. The molecule has 0 radical (unpaired) electrons. The molecule has 0 fully saturated rings. The summed E-state index contributed by atoms with van der Waals surface area (Å²) < 4.78 is 18.8. The molecular weight excluding hydrogens is 257 g/mol. The van der Waals surface area contributed by atoms with Gasteiger partial charge in [-0.2, -0.15) is 0 Å². The van der Waals surface area contributed by atoms with E-state index < -0.39 is 0 Å². The first-order chi connectivity index (χ1) is 9.74. The molecule has 0 unspecified atom stereocenters. The van der Waals surface area contributed by atoms with Crippen molar-refractivity contribution >= 4 is 5.82 Å². The van der Waals surface area contributed by atoms with Gasteiger partial charge >= 0.3 is 0 Å². The molecule has 20 heavy (non-hydrogen) atoms. The highest BCUT2D eigenvalue weighted by atomic mass is 19.1. The quantitative estimate of drug-likeness (QED) is 0.871. The zero-order chi connectivity index (χ0) is 14.4. The molecule has 0 aliphatic rings. The summed E-state index contributed by atoms with van der Waals surface area (Å²) in [6.07, 6.45) is 3.19. The van der Waals surface area contributed by atoms with E-state index in [9.17, 15) is 4.39 Å². The molecule has 1 heterocycles. The number of aromatic nitrogens is 2. The third-order valence-electron chi connectivity index (χ3n) is 2.81. The van der Waals surface area contributed by atoms with Gasteiger partial charge in [-0.25, -0.2) is 14.4 Å². The minimum absolute atomic E-state index is 0.334. The van der Waals surface area contributed by atoms with Crippen LogP contribution in [0.15, 0.2) is 30.6 Å². The van der Waals surface area contributed by atoms with Crippen molar-refractivity contribution in [3.63, 3.8) is 0 Å². The predicted molar refractivity (Wildman–Crippen MR) is 76.7 cm³/mol. The first-order valence-electron chi connectivity index (χ1n) is 6.75. The van der Waals surface area contributed by atoms with E-state index in [0.29, 0.717) is 11.6 Å². The third kappa shape index (κ3) is 3.44. The molecule has 0 spiro atoms. The fourth-order valence-corrected chi connectivity index (χ4v) is 1.84. The number of halogens is 1. The lowest BCUT2D eigenvalue weighted by Gasteiger charge is -2.13. The summed E-state index contributed by atoms with van der Waals surface area (Å²) in [6, 6.07) is 6.01. The fourth-order valence-electron chi connectivity index (χ4n) is 1.84. The van der Waals surface area contributed by atoms with E-state index in [1.807, 2.05) is 6.92 Å². The first-order valence-corrected chi connectivity index (χ1v) is 6.75. The van der Waals surface area contributed by atoms with Crippen molar-refractivity contribution in [3.05, 3.63) is 42.0 Å². The van der Waals surface area contributed by atoms with E-state index in [2.05, 4.69) is 22.2 Å². The maximum Gasteiger partial charge on any atom is 0.227 e. The Morgan fingerprint density at radius 3 is 2.80 bits per heavy atom. The minimum Gasteiger partial charge on any atom is -0.438 e. The molecule has 1 aromatic heterocycles. The van der Waals surface area contributed by atoms with Gasteiger partial charge in [0.05, 0.1) is 5.56 Å². The summed E-state index contributed by atoms with van der Waals surface area (Å²) in [5.74, 6) is 1.33. The molecule has 2 rings (SSSR count). The molecule has 106 valence electrons. The van der Waals surface area contributed by atoms with Crippen molar-refractivity contribution in [2.45, 2.75) is 26.7 Å². The average molecular weight is 275 g/mol. The molecule has 0 atom stereocenters.